The third kappa shape index (κ3) is 8.34. The van der Waals surface area contributed by atoms with Crippen LogP contribution < -0.4 is 24.4 Å². The molecule has 4 rings (SSSR count). The summed E-state index contributed by atoms with van der Waals surface area (Å²) in [5, 5.41) is 4.46. The molecule has 0 fully saturated rings. The number of nitrogens with one attached hydrogen (secondary N) is 1. The Morgan fingerprint density at radius 3 is 2.23 bits per heavy atom. The average Bonchev–Trinajstić information content (AvgIpc) is 2.97. The fourth-order valence-electron chi connectivity index (χ4n) is 3.33. The summed E-state index contributed by atoms with van der Waals surface area (Å²) in [5.74, 6) is 0.802. The Morgan fingerprint density at radius 1 is 0.846 bits per heavy atom. The second-order valence-corrected chi connectivity index (χ2v) is 8.57. The fourth-order valence-corrected chi connectivity index (χ4v) is 3.45. The number of halogens is 1. The number of nitrogens with zero attached hydrogens (tertiary/aromatic N) is 1. The third-order valence-corrected chi connectivity index (χ3v) is 5.57. The number of hydrogen-bond acceptors (Lipinski definition) is 7. The predicted octanol–water partition coefficient (Wildman–Crippen LogP) is 5.68. The van der Waals surface area contributed by atoms with Crippen molar-refractivity contribution in [3.63, 3.8) is 0 Å². The Kier molecular flexibility index (Phi) is 9.52. The molecule has 0 aromatic heterocycles. The lowest BCUT2D eigenvalue weighted by Gasteiger charge is -2.10. The van der Waals surface area contributed by atoms with Crippen LogP contribution in [-0.2, 0) is 11.4 Å². The number of rotatable bonds is 11. The molecular weight excluding hydrogens is 520 g/mol. The van der Waals surface area contributed by atoms with E-state index in [1.807, 2.05) is 30.3 Å². The molecule has 0 spiro atoms. The standard InChI is InChI=1S/C30H25ClN2O6/c1-36-28-17-22(7-16-27(28)39-30(35)23-8-10-24(31)11-9-23)18-32-33-29(34)20-38-26-14-12-25(13-15-26)37-19-21-5-3-2-4-6-21/h2-18H,19-20H2,1H3,(H,33,34). The number of ether oxygens (including phenoxy) is 4. The molecule has 0 unspecified atom stereocenters. The van der Waals surface area contributed by atoms with E-state index in [1.54, 1.807) is 66.7 Å². The van der Waals surface area contributed by atoms with E-state index in [1.165, 1.54) is 13.3 Å². The van der Waals surface area contributed by atoms with Gasteiger partial charge in [0.05, 0.1) is 18.9 Å². The van der Waals surface area contributed by atoms with Crippen LogP contribution in [0.1, 0.15) is 21.5 Å². The molecule has 198 valence electrons. The van der Waals surface area contributed by atoms with E-state index >= 15 is 0 Å². The van der Waals surface area contributed by atoms with Gasteiger partial charge in [0.15, 0.2) is 18.1 Å². The molecule has 39 heavy (non-hydrogen) atoms. The summed E-state index contributed by atoms with van der Waals surface area (Å²) in [4.78, 5) is 24.5. The predicted molar refractivity (Wildman–Crippen MR) is 148 cm³/mol. The van der Waals surface area contributed by atoms with Gasteiger partial charge < -0.3 is 18.9 Å². The molecule has 1 amide bonds. The van der Waals surface area contributed by atoms with Gasteiger partial charge in [0.2, 0.25) is 0 Å². The van der Waals surface area contributed by atoms with E-state index in [-0.39, 0.29) is 12.4 Å². The van der Waals surface area contributed by atoms with Crippen molar-refractivity contribution in [2.45, 2.75) is 6.61 Å². The minimum atomic E-state index is -0.548. The molecule has 0 aliphatic heterocycles. The first kappa shape index (κ1) is 27.2. The molecule has 0 saturated heterocycles. The number of esters is 1. The lowest BCUT2D eigenvalue weighted by Crippen LogP contribution is -2.24. The maximum atomic E-state index is 12.4. The first-order valence-electron chi connectivity index (χ1n) is 11.9. The summed E-state index contributed by atoms with van der Waals surface area (Å²) in [6.07, 6.45) is 1.43. The summed E-state index contributed by atoms with van der Waals surface area (Å²) in [7, 11) is 1.46. The summed E-state index contributed by atoms with van der Waals surface area (Å²) in [6.45, 7) is 0.245. The van der Waals surface area contributed by atoms with E-state index in [0.29, 0.717) is 40.0 Å². The molecule has 1 N–H and O–H groups in total. The highest BCUT2D eigenvalue weighted by molar-refractivity contribution is 6.30. The highest BCUT2D eigenvalue weighted by Gasteiger charge is 2.13. The Balaban J connectivity index is 1.23. The molecule has 0 heterocycles. The summed E-state index contributed by atoms with van der Waals surface area (Å²) >= 11 is 5.86. The number of methoxy groups -OCH3 is 1. The van der Waals surface area contributed by atoms with Crippen molar-refractivity contribution in [2.75, 3.05) is 13.7 Å². The molecule has 0 aliphatic carbocycles. The zero-order valence-electron chi connectivity index (χ0n) is 21.0. The highest BCUT2D eigenvalue weighted by Crippen LogP contribution is 2.28. The van der Waals surface area contributed by atoms with Crippen LogP contribution in [0.2, 0.25) is 5.02 Å². The summed E-state index contributed by atoms with van der Waals surface area (Å²) in [6, 6.07) is 28.1. The monoisotopic (exact) mass is 544 g/mol. The Bertz CT molecular complexity index is 1420. The molecule has 4 aromatic rings. The summed E-state index contributed by atoms with van der Waals surface area (Å²) < 4.78 is 22.0. The zero-order chi connectivity index (χ0) is 27.5. The second kappa shape index (κ2) is 13.6. The number of amides is 1. The Hall–Kier alpha value is -4.82. The number of hydrazone groups is 1. The van der Waals surface area contributed by atoms with E-state index in [9.17, 15) is 9.59 Å². The number of carbonyl (C=O) groups excluding carboxylic acids is 2. The van der Waals surface area contributed by atoms with Gasteiger partial charge in [-0.15, -0.1) is 0 Å². The lowest BCUT2D eigenvalue weighted by atomic mass is 10.2. The van der Waals surface area contributed by atoms with Gasteiger partial charge in [0, 0.05) is 5.02 Å². The van der Waals surface area contributed by atoms with E-state index in [0.717, 1.165) is 5.56 Å². The van der Waals surface area contributed by atoms with Crippen LogP contribution in [-0.4, -0.2) is 31.8 Å². The smallest absolute Gasteiger partial charge is 0.343 e. The van der Waals surface area contributed by atoms with Crippen LogP contribution in [0.15, 0.2) is 102 Å². The van der Waals surface area contributed by atoms with Crippen LogP contribution in [0.4, 0.5) is 0 Å². The number of carbonyl (C=O) groups is 2. The fraction of sp³-hybridized carbons (Fsp3) is 0.100. The molecule has 0 saturated carbocycles. The molecule has 4 aromatic carbocycles. The third-order valence-electron chi connectivity index (χ3n) is 5.32. The first-order chi connectivity index (χ1) is 19.0. The van der Waals surface area contributed by atoms with Crippen molar-refractivity contribution in [3.8, 4) is 23.0 Å². The molecule has 0 bridgehead atoms. The maximum absolute atomic E-state index is 12.4. The highest BCUT2D eigenvalue weighted by atomic mass is 35.5. The van der Waals surface area contributed by atoms with Gasteiger partial charge >= 0.3 is 5.97 Å². The van der Waals surface area contributed by atoms with Crippen molar-refractivity contribution in [3.05, 3.63) is 119 Å². The topological polar surface area (TPSA) is 95.5 Å². The zero-order valence-corrected chi connectivity index (χ0v) is 21.8. The lowest BCUT2D eigenvalue weighted by molar-refractivity contribution is -0.123. The second-order valence-electron chi connectivity index (χ2n) is 8.13. The van der Waals surface area contributed by atoms with Crippen molar-refractivity contribution >= 4 is 29.7 Å². The minimum absolute atomic E-state index is 0.218. The average molecular weight is 545 g/mol. The van der Waals surface area contributed by atoms with Crippen LogP contribution in [0, 0.1) is 0 Å². The molecule has 0 radical (unpaired) electrons. The number of benzene rings is 4. The minimum Gasteiger partial charge on any atom is -0.493 e. The van der Waals surface area contributed by atoms with Crippen molar-refractivity contribution in [2.24, 2.45) is 5.10 Å². The van der Waals surface area contributed by atoms with Crippen molar-refractivity contribution in [1.29, 1.82) is 0 Å². The van der Waals surface area contributed by atoms with Gasteiger partial charge in [-0.05, 0) is 77.9 Å². The Morgan fingerprint density at radius 2 is 1.54 bits per heavy atom. The van der Waals surface area contributed by atoms with Gasteiger partial charge in [-0.25, -0.2) is 10.2 Å². The van der Waals surface area contributed by atoms with Crippen molar-refractivity contribution < 1.29 is 28.5 Å². The van der Waals surface area contributed by atoms with Crippen LogP contribution in [0.25, 0.3) is 0 Å². The molecule has 8 nitrogen and oxygen atoms in total. The number of hydrogen-bond donors (Lipinski definition) is 1. The van der Waals surface area contributed by atoms with Crippen molar-refractivity contribution in [1.82, 2.24) is 5.43 Å². The van der Waals surface area contributed by atoms with E-state index in [4.69, 9.17) is 30.5 Å². The van der Waals surface area contributed by atoms with E-state index in [2.05, 4.69) is 10.5 Å². The SMILES string of the molecule is COc1cc(C=NNC(=O)COc2ccc(OCc3ccccc3)cc2)ccc1OC(=O)c1ccc(Cl)cc1. The van der Waals surface area contributed by atoms with Crippen LogP contribution in [0.3, 0.4) is 0 Å². The first-order valence-corrected chi connectivity index (χ1v) is 12.3. The largest absolute Gasteiger partial charge is 0.493 e. The van der Waals surface area contributed by atoms with Gasteiger partial charge in [-0.3, -0.25) is 4.79 Å². The Labute approximate surface area is 230 Å². The van der Waals surface area contributed by atoms with Gasteiger partial charge in [-0.1, -0.05) is 41.9 Å². The van der Waals surface area contributed by atoms with Gasteiger partial charge in [-0.2, -0.15) is 5.10 Å². The quantitative estimate of drug-likeness (QED) is 0.113. The van der Waals surface area contributed by atoms with Crippen LogP contribution >= 0.6 is 11.6 Å². The normalized spacial score (nSPS) is 10.6. The molecular formula is C30H25ClN2O6. The summed E-state index contributed by atoms with van der Waals surface area (Å²) in [5.41, 5.74) is 4.44. The molecule has 0 atom stereocenters. The maximum Gasteiger partial charge on any atom is 0.343 e. The van der Waals surface area contributed by atoms with E-state index < -0.39 is 11.9 Å². The van der Waals surface area contributed by atoms with Gasteiger partial charge in [0.1, 0.15) is 18.1 Å². The molecule has 0 aliphatic rings. The molecule has 9 heteroatoms. The van der Waals surface area contributed by atoms with Crippen LogP contribution in [0.5, 0.6) is 23.0 Å². The van der Waals surface area contributed by atoms with Gasteiger partial charge in [0.25, 0.3) is 5.91 Å².